The van der Waals surface area contributed by atoms with Crippen molar-refractivity contribution in [1.29, 1.82) is 0 Å². The van der Waals surface area contributed by atoms with E-state index < -0.39 is 180 Å². The lowest BCUT2D eigenvalue weighted by molar-refractivity contribution is -0.348. The molecule has 0 spiro atoms. The molecule has 2 saturated heterocycles. The number of Topliss-reactive ketones (excluding diaryl/α,β-unsaturated/α-hetero) is 2. The SMILES string of the molecule is CC(C)(COP(=O)([O-])OP(=O)([O-])OCC1OC(n2cnc3c(N)ncnc32)C(O)C1OP(=O)([O-])[O-])C(O)C(=O)NCCC(=O)NCCC(=O)C1(CCCc2cccc(CCCC3(C(=O)CCNC(=O)CCNC(=O)C(O)C(C)(C)COP(=O)([O-])OP(=O)([O-])OCC4OC(n5cnc6c(N)ncnc65)C(O)C4OP(=O)([O-])[O-])CC3)c2)CC1. The molecule has 4 amide bonds. The van der Waals surface area contributed by atoms with E-state index in [-0.39, 0.29) is 97.4 Å². The van der Waals surface area contributed by atoms with E-state index in [1.165, 1.54) is 27.7 Å². The van der Waals surface area contributed by atoms with Crippen LogP contribution in [-0.4, -0.2) is 196 Å². The number of hydrogen-bond donors (Lipinski definition) is 10. The predicted octanol–water partition coefficient (Wildman–Crippen LogP) is -4.41. The second-order valence-corrected chi connectivity index (χ2v) is 37.5. The number of aryl methyl sites for hydroxylation is 2. The van der Waals surface area contributed by atoms with Crippen LogP contribution in [-0.2, 0) is 114 Å². The molecular formula is C62H86N14O34P6-8. The van der Waals surface area contributed by atoms with Crippen molar-refractivity contribution in [2.24, 2.45) is 21.7 Å². The lowest BCUT2D eigenvalue weighted by atomic mass is 9.87. The fourth-order valence-electron chi connectivity index (χ4n) is 12.8. The molecule has 2 saturated carbocycles. The van der Waals surface area contributed by atoms with Crippen LogP contribution in [0, 0.1) is 21.7 Å². The van der Waals surface area contributed by atoms with E-state index >= 15 is 0 Å². The number of nitrogens with one attached hydrogen (secondary N) is 4. The van der Waals surface area contributed by atoms with Crippen molar-refractivity contribution in [2.45, 2.75) is 179 Å². The zero-order chi connectivity index (χ0) is 85.4. The minimum absolute atomic E-state index is 0.00933. The number of rotatable bonds is 48. The fraction of sp³-hybridized carbons (Fsp3) is 0.645. The summed E-state index contributed by atoms with van der Waals surface area (Å²) in [5.41, 5.74) is 9.03. The molecule has 646 valence electrons. The largest absolute Gasteiger partial charge is 0.790 e. The fourth-order valence-corrected chi connectivity index (χ4v) is 18.3. The summed E-state index contributed by atoms with van der Waals surface area (Å²) in [5, 5.41) is 53.3. The third-order valence-electron chi connectivity index (χ3n) is 19.6. The van der Waals surface area contributed by atoms with E-state index in [0.717, 1.165) is 45.6 Å². The van der Waals surface area contributed by atoms with E-state index in [1.807, 2.05) is 18.2 Å². The van der Waals surface area contributed by atoms with Crippen molar-refractivity contribution in [3.8, 4) is 0 Å². The Morgan fingerprint density at radius 3 is 1.25 bits per heavy atom. The second kappa shape index (κ2) is 38.2. The number of nitrogen functional groups attached to an aromatic ring is 2. The van der Waals surface area contributed by atoms with E-state index in [4.69, 9.17) is 20.9 Å². The summed E-state index contributed by atoms with van der Waals surface area (Å²) in [6, 6.07) is 8.01. The van der Waals surface area contributed by atoms with Crippen LogP contribution in [0.4, 0.5) is 11.6 Å². The Morgan fingerprint density at radius 2 is 0.897 bits per heavy atom. The van der Waals surface area contributed by atoms with Crippen LogP contribution >= 0.6 is 46.9 Å². The van der Waals surface area contributed by atoms with E-state index in [1.54, 1.807) is 0 Å². The molecule has 1 aromatic carbocycles. The number of aliphatic hydroxyl groups excluding tert-OH is 4. The number of phosphoric ester groups is 6. The highest BCUT2D eigenvalue weighted by Crippen LogP contribution is 2.59. The van der Waals surface area contributed by atoms with Gasteiger partial charge in [0, 0.05) is 73.5 Å². The van der Waals surface area contributed by atoms with Crippen LogP contribution < -0.4 is 71.9 Å². The quantitative estimate of drug-likeness (QED) is 0.0164. The second-order valence-electron chi connectivity index (χ2n) is 29.4. The first-order valence-corrected chi connectivity index (χ1v) is 44.6. The summed E-state index contributed by atoms with van der Waals surface area (Å²) in [6.45, 7) is -0.665. The summed E-state index contributed by atoms with van der Waals surface area (Å²) in [4.78, 5) is 198. The van der Waals surface area contributed by atoms with Crippen molar-refractivity contribution in [1.82, 2.24) is 60.3 Å². The van der Waals surface area contributed by atoms with Crippen molar-refractivity contribution >= 4 is 116 Å². The van der Waals surface area contributed by atoms with E-state index in [0.29, 0.717) is 64.2 Å². The maximum absolute atomic E-state index is 13.4. The molecule has 4 aromatic heterocycles. The predicted molar refractivity (Wildman–Crippen MR) is 376 cm³/mol. The van der Waals surface area contributed by atoms with Crippen LogP contribution in [0.25, 0.3) is 22.3 Å². The van der Waals surface area contributed by atoms with Gasteiger partial charge in [0.15, 0.2) is 35.4 Å². The van der Waals surface area contributed by atoms with Gasteiger partial charge in [-0.15, -0.1) is 0 Å². The van der Waals surface area contributed by atoms with Crippen molar-refractivity contribution in [2.75, 3.05) is 64.1 Å². The summed E-state index contributed by atoms with van der Waals surface area (Å²) >= 11 is 0. The lowest BCUT2D eigenvalue weighted by Gasteiger charge is -2.36. The standard InChI is InChI=1S/C62H94N14O34P6/c1-59(2,29-103-115(97,98)109-113(93,94)101-27-37-47(107-111(87,88)89)45(81)57(105-37)75-33-73-43-51(63)69-31-71-53(43)75)49(83)55(85)67-24-14-41(79)65-22-12-39(77)61(18-19-61)16-6-10-35-8-5-9-36(26-35)11-7-17-62(20-21-62)40(78)13-23-66-42(80)15-25-68-56(86)50(84)60(3,4)30-104-116(99,100)110-114(95,96)102-28-38-48(108-112(90,91)92)46(82)58(106-38)76-34-74-44-52(64)70-32-72-54(44)76/h5,8-9,26,31-34,37-38,45-50,57-58,81-84H,6-7,10-25,27-30H2,1-4H3,(H,65,79)(H,66,80)(H,67,85)(H,68,86)(H,93,94)(H,95,96)(H,97,98)(H,99,100)(H2,63,69,71)(H2,64,70,72)(H2,87,88,89)(H2,90,91,92)/p-8. The molecule has 5 aromatic rings. The molecule has 4 fully saturated rings. The van der Waals surface area contributed by atoms with Crippen molar-refractivity contribution in [3.05, 3.63) is 60.7 Å². The van der Waals surface area contributed by atoms with Crippen LogP contribution in [0.1, 0.15) is 128 Å². The number of phosphoric acid groups is 6. The van der Waals surface area contributed by atoms with Crippen molar-refractivity contribution in [3.63, 3.8) is 0 Å². The number of nitrogens with two attached hydrogens (primary N) is 2. The molecule has 0 bridgehead atoms. The molecule has 54 heteroatoms. The maximum atomic E-state index is 13.4. The Balaban J connectivity index is 0.598. The number of benzene rings is 1. The minimum Gasteiger partial charge on any atom is -0.790 e. The van der Waals surface area contributed by atoms with Gasteiger partial charge in [0.2, 0.25) is 23.6 Å². The first kappa shape index (κ1) is 93.5. The number of carbonyl (C=O) groups excluding carboxylic acids is 6. The lowest BCUT2D eigenvalue weighted by Crippen LogP contribution is -2.46. The molecule has 48 nitrogen and oxygen atoms in total. The molecule has 14 unspecified atom stereocenters. The number of aromatic nitrogens is 8. The van der Waals surface area contributed by atoms with Gasteiger partial charge in [-0.3, -0.25) is 56.2 Å². The highest BCUT2D eigenvalue weighted by Gasteiger charge is 2.52. The number of ketones is 2. The van der Waals surface area contributed by atoms with Gasteiger partial charge in [-0.1, -0.05) is 52.0 Å². The molecule has 4 aliphatic rings. The number of nitrogens with zero attached hydrogens (tertiary/aromatic N) is 8. The number of amides is 4. The molecule has 2 aliphatic heterocycles. The smallest absolute Gasteiger partial charge is 0.274 e. The minimum atomic E-state index is -6.00. The van der Waals surface area contributed by atoms with Crippen LogP contribution in [0.15, 0.2) is 49.6 Å². The summed E-state index contributed by atoms with van der Waals surface area (Å²) in [5.74, 6) is -3.47. The van der Waals surface area contributed by atoms with Crippen LogP contribution in [0.5, 0.6) is 0 Å². The van der Waals surface area contributed by atoms with Gasteiger partial charge < -0.3 is 138 Å². The highest BCUT2D eigenvalue weighted by atomic mass is 31.3. The molecular weight excluding hydrogens is 1670 g/mol. The maximum Gasteiger partial charge on any atom is 0.274 e. The topological polar surface area (TPSA) is 750 Å². The molecule has 14 atom stereocenters. The number of fused-ring (bicyclic) bond motifs is 2. The van der Waals surface area contributed by atoms with Gasteiger partial charge in [-0.05, 0) is 75.3 Å². The number of carbonyl (C=O) groups is 6. The number of imidazole rings is 2. The Kier molecular flexibility index (Phi) is 30.8. The van der Waals surface area contributed by atoms with Gasteiger partial charge >= 0.3 is 0 Å². The zero-order valence-corrected chi connectivity index (χ0v) is 67.8. The first-order chi connectivity index (χ1) is 54.0. The monoisotopic (exact) mass is 1760 g/mol. The molecule has 9 rings (SSSR count). The Labute approximate surface area is 660 Å². The molecule has 12 N–H and O–H groups in total. The number of hydrogen-bond acceptors (Lipinski definition) is 42. The molecule has 116 heavy (non-hydrogen) atoms. The number of aliphatic hydroxyl groups is 4. The molecule has 6 heterocycles. The Hall–Kier alpha value is -6.36. The average molecular weight is 1760 g/mol. The summed E-state index contributed by atoms with van der Waals surface area (Å²) in [7, 11) is -35.7. The van der Waals surface area contributed by atoms with E-state index in [2.05, 4.69) is 93.0 Å². The van der Waals surface area contributed by atoms with Gasteiger partial charge in [0.1, 0.15) is 84.1 Å². The van der Waals surface area contributed by atoms with Crippen LogP contribution in [0.2, 0.25) is 0 Å². The van der Waals surface area contributed by atoms with Gasteiger partial charge in [-0.25, -0.2) is 38.5 Å². The van der Waals surface area contributed by atoms with Gasteiger partial charge in [-0.2, -0.15) is 0 Å². The third kappa shape index (κ3) is 25.8. The number of ether oxygens (including phenoxy) is 2. The Morgan fingerprint density at radius 1 is 0.543 bits per heavy atom. The Bertz CT molecular complexity index is 4390. The van der Waals surface area contributed by atoms with Crippen LogP contribution in [0.3, 0.4) is 0 Å². The molecule has 2 aliphatic carbocycles. The average Bonchev–Trinajstić information content (AvgIpc) is 1.62. The normalized spacial score (nSPS) is 23.3. The summed E-state index contributed by atoms with van der Waals surface area (Å²) in [6.07, 6.45) is -9.05. The highest BCUT2D eigenvalue weighted by molar-refractivity contribution is 7.60. The zero-order valence-electron chi connectivity index (χ0n) is 62.4. The number of anilines is 2. The van der Waals surface area contributed by atoms with Crippen molar-refractivity contribution < 1.29 is 161 Å². The first-order valence-electron chi connectivity index (χ1n) is 35.8. The van der Waals surface area contributed by atoms with Gasteiger partial charge in [0.25, 0.3) is 31.3 Å². The van der Waals surface area contributed by atoms with Gasteiger partial charge in [0.05, 0.1) is 54.7 Å². The third-order valence-corrected chi connectivity index (χ3v) is 25.6. The summed E-state index contributed by atoms with van der Waals surface area (Å²) < 4.78 is 123. The van der Waals surface area contributed by atoms with E-state index in [9.17, 15) is 116 Å². The molecule has 0 radical (unpaired) electrons.